The molecule has 0 radical (unpaired) electrons. The molecule has 3 unspecified atom stereocenters. The number of benzene rings is 2. The molecule has 0 bridgehead atoms. The minimum absolute atomic E-state index is 0.0604. The number of aryl methyl sites for hydroxylation is 1. The van der Waals surface area contributed by atoms with Gasteiger partial charge in [0.25, 0.3) is 6.43 Å². The molecule has 14 heteroatoms. The van der Waals surface area contributed by atoms with E-state index in [0.29, 0.717) is 30.3 Å². The molecule has 4 N–H and O–H groups in total. The summed E-state index contributed by atoms with van der Waals surface area (Å²) in [5.41, 5.74) is 9.09. The maximum absolute atomic E-state index is 14.9. The maximum atomic E-state index is 14.9. The Balaban J connectivity index is 0.000000254. The SMILES string of the molecule is C=C1CCC(Nc2ccc(N3CCN(CO)CC3)c(F)c2)C(=C)N1.C=CC1C(c2cc3c(cc2C(F)F)N(c2nn(C4CCCCC4)c(CCNC=O)c2CC)CCC3)=CN(CC)C1/C=C\C.CC. The molecule has 11 nitrogen and oxygen atoms in total. The number of allylic oxidation sites excluding steroid dienone is 2. The number of piperidine rings is 1. The predicted octanol–water partition coefficient (Wildman–Crippen LogP) is 10.8. The van der Waals surface area contributed by atoms with Crippen molar-refractivity contribution < 1.29 is 23.1 Å². The number of halogens is 3. The van der Waals surface area contributed by atoms with E-state index in [0.717, 1.165) is 142 Å². The van der Waals surface area contributed by atoms with Crippen molar-refractivity contribution >= 4 is 34.9 Å². The molecule has 3 fully saturated rings. The van der Waals surface area contributed by atoms with E-state index < -0.39 is 6.43 Å². The molecule has 376 valence electrons. The topological polar surface area (TPSA) is 104 Å². The molecule has 1 saturated carbocycles. The number of alkyl halides is 2. The molecule has 5 aliphatic rings. The minimum atomic E-state index is -2.61. The summed E-state index contributed by atoms with van der Waals surface area (Å²) in [6.07, 6.45) is 17.1. The summed E-state index contributed by atoms with van der Waals surface area (Å²) in [7, 11) is 0. The summed E-state index contributed by atoms with van der Waals surface area (Å²) in [5.74, 6) is 0.598. The van der Waals surface area contributed by atoms with Gasteiger partial charge in [-0.25, -0.2) is 13.2 Å². The number of aromatic nitrogens is 2. The van der Waals surface area contributed by atoms with E-state index in [-0.39, 0.29) is 36.1 Å². The highest BCUT2D eigenvalue weighted by atomic mass is 19.3. The molecule has 1 aliphatic carbocycles. The number of hydrogen-bond donors (Lipinski definition) is 4. The molecule has 5 heterocycles. The van der Waals surface area contributed by atoms with E-state index in [9.17, 15) is 18.0 Å². The number of carbonyl (C=O) groups excluding carboxylic acids is 1. The Bertz CT molecular complexity index is 2280. The van der Waals surface area contributed by atoms with Crippen LogP contribution in [0.15, 0.2) is 85.9 Å². The maximum Gasteiger partial charge on any atom is 0.264 e. The fourth-order valence-electron chi connectivity index (χ4n) is 10.7. The van der Waals surface area contributed by atoms with Crippen LogP contribution in [0.2, 0.25) is 0 Å². The first-order chi connectivity index (χ1) is 33.5. The molecule has 8 rings (SSSR count). The smallest absolute Gasteiger partial charge is 0.264 e. The molecular formula is C55H78F3N9O2. The van der Waals surface area contributed by atoms with Crippen LogP contribution in [0, 0.1) is 11.7 Å². The van der Waals surface area contributed by atoms with Crippen molar-refractivity contribution in [1.82, 2.24) is 30.2 Å². The highest BCUT2D eigenvalue weighted by Gasteiger charge is 2.36. The first-order valence-corrected chi connectivity index (χ1v) is 25.5. The van der Waals surface area contributed by atoms with Gasteiger partial charge in [-0.05, 0) is 106 Å². The molecule has 2 aromatic carbocycles. The zero-order chi connectivity index (χ0) is 49.6. The number of anilines is 4. The number of nitrogens with zero attached hydrogens (tertiary/aromatic N) is 6. The van der Waals surface area contributed by atoms with Gasteiger partial charge in [0.05, 0.1) is 30.5 Å². The van der Waals surface area contributed by atoms with Gasteiger partial charge in [-0.2, -0.15) is 5.10 Å². The van der Waals surface area contributed by atoms with Crippen LogP contribution in [0.25, 0.3) is 5.57 Å². The molecule has 2 saturated heterocycles. The van der Waals surface area contributed by atoms with Gasteiger partial charge in [-0.3, -0.25) is 14.4 Å². The monoisotopic (exact) mass is 954 g/mol. The second-order valence-electron chi connectivity index (χ2n) is 18.4. The number of carbonyl (C=O) groups is 1. The number of amides is 1. The van der Waals surface area contributed by atoms with E-state index in [1.54, 1.807) is 12.1 Å². The first kappa shape index (κ1) is 52.9. The third kappa shape index (κ3) is 12.3. The molecular weight excluding hydrogens is 876 g/mol. The number of fused-ring (bicyclic) bond motifs is 1. The summed E-state index contributed by atoms with van der Waals surface area (Å²) in [4.78, 5) is 19.4. The van der Waals surface area contributed by atoms with Crippen molar-refractivity contribution in [2.24, 2.45) is 5.92 Å². The van der Waals surface area contributed by atoms with Crippen molar-refractivity contribution in [3.05, 3.63) is 120 Å². The van der Waals surface area contributed by atoms with E-state index in [1.807, 2.05) is 60.9 Å². The lowest BCUT2D eigenvalue weighted by Gasteiger charge is -2.35. The molecule has 3 aromatic rings. The molecule has 4 aliphatic heterocycles. The third-order valence-corrected chi connectivity index (χ3v) is 14.2. The molecule has 1 amide bonds. The van der Waals surface area contributed by atoms with E-state index in [2.05, 4.69) is 76.3 Å². The summed E-state index contributed by atoms with van der Waals surface area (Å²) >= 11 is 0. The average Bonchev–Trinajstić information content (AvgIpc) is 3.93. The Labute approximate surface area is 409 Å². The van der Waals surface area contributed by atoms with Gasteiger partial charge in [0.2, 0.25) is 6.41 Å². The highest BCUT2D eigenvalue weighted by molar-refractivity contribution is 5.79. The Morgan fingerprint density at radius 2 is 1.72 bits per heavy atom. The van der Waals surface area contributed by atoms with Crippen LogP contribution < -0.4 is 25.8 Å². The summed E-state index contributed by atoms with van der Waals surface area (Å²) in [6, 6.07) is 9.52. The Morgan fingerprint density at radius 1 is 0.971 bits per heavy atom. The van der Waals surface area contributed by atoms with Crippen LogP contribution in [0.1, 0.15) is 126 Å². The van der Waals surface area contributed by atoms with Crippen LogP contribution >= 0.6 is 0 Å². The molecule has 3 atom stereocenters. The van der Waals surface area contributed by atoms with Crippen LogP contribution in [-0.4, -0.2) is 95.7 Å². The quantitative estimate of drug-likeness (QED) is 0.0635. The summed E-state index contributed by atoms with van der Waals surface area (Å²) in [5, 5.41) is 23.7. The van der Waals surface area contributed by atoms with Crippen LogP contribution in [-0.2, 0) is 24.1 Å². The van der Waals surface area contributed by atoms with Crippen molar-refractivity contribution in [2.45, 2.75) is 130 Å². The molecule has 0 spiro atoms. The normalized spacial score (nSPS) is 21.0. The summed E-state index contributed by atoms with van der Waals surface area (Å²) in [6.45, 7) is 27.3. The van der Waals surface area contributed by atoms with Crippen LogP contribution in [0.4, 0.5) is 36.1 Å². The van der Waals surface area contributed by atoms with Gasteiger partial charge in [0.1, 0.15) is 5.82 Å². The van der Waals surface area contributed by atoms with Crippen molar-refractivity contribution in [2.75, 3.05) is 67.7 Å². The number of rotatable bonds is 16. The fourth-order valence-corrected chi connectivity index (χ4v) is 10.7. The zero-order valence-electron chi connectivity index (χ0n) is 41.9. The largest absolute Gasteiger partial charge is 0.381 e. The fraction of sp³-hybridized carbons (Fsp3) is 0.527. The van der Waals surface area contributed by atoms with Crippen molar-refractivity contribution in [3.63, 3.8) is 0 Å². The third-order valence-electron chi connectivity index (χ3n) is 14.2. The van der Waals surface area contributed by atoms with Crippen LogP contribution in [0.3, 0.4) is 0 Å². The van der Waals surface area contributed by atoms with Crippen molar-refractivity contribution in [3.8, 4) is 0 Å². The second-order valence-corrected chi connectivity index (χ2v) is 18.4. The van der Waals surface area contributed by atoms with Gasteiger partial charge in [-0.1, -0.05) is 71.4 Å². The average molecular weight is 954 g/mol. The van der Waals surface area contributed by atoms with Gasteiger partial charge in [0.15, 0.2) is 5.82 Å². The summed E-state index contributed by atoms with van der Waals surface area (Å²) < 4.78 is 46.6. The van der Waals surface area contributed by atoms with Gasteiger partial charge in [0, 0.05) is 104 Å². The number of likely N-dealkylation sites (N-methyl/N-ethyl adjacent to an activating group) is 1. The van der Waals surface area contributed by atoms with E-state index in [4.69, 9.17) is 10.2 Å². The van der Waals surface area contributed by atoms with Crippen LogP contribution in [0.5, 0.6) is 0 Å². The number of aliphatic hydroxyl groups excluding tert-OH is 1. The first-order valence-electron chi connectivity index (χ1n) is 25.5. The number of nitrogens with one attached hydrogen (secondary N) is 3. The standard InChI is InChI=1S/C35H47F2N5O.C18H25FN4O.C2H6/c1-5-13-31-26(6-2)30(22-40(31)8-4)28-20-24-14-12-19-41(33(24)21-29(28)34(36)37)35-27(7-3)32(17-18-38-23-43)42(39-35)25-15-10-9-11-16-25;1-13-3-5-17(14(2)20-13)21-15-4-6-18(16(19)11-15)23-9-7-22(12-24)8-10-23;1-2/h5-6,13,20-23,25-26,31,34H,2,7-12,14-19H2,1,3-4H3,(H,38,43);4,6,11,17,20-21,24H,1-3,5,7-10,12H2;1-2H3/b13-5-;;. The number of aliphatic hydroxyl groups is 1. The Hall–Kier alpha value is -5.47. The molecule has 69 heavy (non-hydrogen) atoms. The number of hydrogen-bond acceptors (Lipinski definition) is 9. The molecule has 1 aromatic heterocycles. The van der Waals surface area contributed by atoms with Gasteiger partial charge < -0.3 is 35.8 Å². The van der Waals surface area contributed by atoms with Gasteiger partial charge in [-0.15, -0.1) is 6.58 Å². The predicted molar refractivity (Wildman–Crippen MR) is 278 cm³/mol. The highest BCUT2D eigenvalue weighted by Crippen LogP contribution is 2.46. The lowest BCUT2D eigenvalue weighted by molar-refractivity contribution is -0.109. The second kappa shape index (κ2) is 25.4. The zero-order valence-corrected chi connectivity index (χ0v) is 41.9. The number of piperazine rings is 1. The van der Waals surface area contributed by atoms with Gasteiger partial charge >= 0.3 is 0 Å². The lowest BCUT2D eigenvalue weighted by Crippen LogP contribution is -2.46. The van der Waals surface area contributed by atoms with E-state index in [1.165, 1.54) is 19.3 Å². The van der Waals surface area contributed by atoms with E-state index >= 15 is 0 Å². The minimum Gasteiger partial charge on any atom is -0.381 e. The lowest BCUT2D eigenvalue weighted by atomic mass is 9.85. The Morgan fingerprint density at radius 3 is 2.35 bits per heavy atom. The Kier molecular flexibility index (Phi) is 19.5. The van der Waals surface area contributed by atoms with Crippen molar-refractivity contribution in [1.29, 1.82) is 0 Å².